The molecule has 0 bridgehead atoms. The van der Waals surface area contributed by atoms with Crippen LogP contribution in [0.25, 0.3) is 11.3 Å². The predicted octanol–water partition coefficient (Wildman–Crippen LogP) is 4.87. The molecule has 1 aliphatic rings. The van der Waals surface area contributed by atoms with Crippen LogP contribution in [0.3, 0.4) is 0 Å². The van der Waals surface area contributed by atoms with E-state index in [0.29, 0.717) is 30.1 Å². The molecular formula is C21H18F4N4O2. The number of carbonyl (C=O) groups is 1. The van der Waals surface area contributed by atoms with Crippen molar-refractivity contribution in [3.63, 3.8) is 0 Å². The van der Waals surface area contributed by atoms with E-state index in [9.17, 15) is 22.4 Å². The first-order valence-electron chi connectivity index (χ1n) is 9.66. The topological polar surface area (TPSA) is 80.9 Å². The first-order valence-corrected chi connectivity index (χ1v) is 9.66. The van der Waals surface area contributed by atoms with E-state index in [2.05, 4.69) is 20.4 Å². The number of hydrogen-bond acceptors (Lipinski definition) is 5. The zero-order chi connectivity index (χ0) is 22.2. The number of halogens is 4. The third-order valence-corrected chi connectivity index (χ3v) is 4.97. The molecule has 4 rings (SSSR count). The second-order valence-corrected chi connectivity index (χ2v) is 7.47. The Morgan fingerprint density at radius 2 is 2.00 bits per heavy atom. The summed E-state index contributed by atoms with van der Waals surface area (Å²) < 4.78 is 58.5. The molecule has 6 nitrogen and oxygen atoms in total. The summed E-state index contributed by atoms with van der Waals surface area (Å²) in [6.07, 6.45) is -2.06. The van der Waals surface area contributed by atoms with Crippen molar-refractivity contribution in [3.8, 4) is 11.3 Å². The third kappa shape index (κ3) is 4.89. The number of nitrogens with zero attached hydrogens (tertiary/aromatic N) is 3. The van der Waals surface area contributed by atoms with Crippen molar-refractivity contribution in [2.24, 2.45) is 5.92 Å². The second kappa shape index (κ2) is 8.09. The minimum absolute atomic E-state index is 0.0732. The minimum Gasteiger partial charge on any atom is -0.341 e. The summed E-state index contributed by atoms with van der Waals surface area (Å²) in [4.78, 5) is 21.1. The largest absolute Gasteiger partial charge is 0.417 e. The zero-order valence-electron chi connectivity index (χ0n) is 16.4. The maximum Gasteiger partial charge on any atom is 0.417 e. The Balaban J connectivity index is 1.61. The van der Waals surface area contributed by atoms with Crippen molar-refractivity contribution in [2.45, 2.75) is 38.4 Å². The van der Waals surface area contributed by atoms with Crippen LogP contribution in [0.4, 0.5) is 17.6 Å². The van der Waals surface area contributed by atoms with Gasteiger partial charge < -0.3 is 9.84 Å². The molecule has 0 aliphatic heterocycles. The molecule has 2 aromatic heterocycles. The van der Waals surface area contributed by atoms with Crippen molar-refractivity contribution in [2.75, 3.05) is 0 Å². The van der Waals surface area contributed by atoms with Crippen molar-refractivity contribution in [1.29, 1.82) is 0 Å². The molecule has 2 heterocycles. The van der Waals surface area contributed by atoms with E-state index >= 15 is 0 Å². The highest BCUT2D eigenvalue weighted by Crippen LogP contribution is 2.38. The second-order valence-electron chi connectivity index (χ2n) is 7.47. The summed E-state index contributed by atoms with van der Waals surface area (Å²) in [6, 6.07) is 5.99. The van der Waals surface area contributed by atoms with Gasteiger partial charge in [-0.3, -0.25) is 4.79 Å². The fourth-order valence-corrected chi connectivity index (χ4v) is 3.29. The standard InChI is InChI=1S/C21H18F4N4O2/c1-11-26-19(29-31-11)18(9-12-5-6-12)28-20(30)17-4-2-3-16(27-17)14-8-7-13(22)10-15(14)21(23,24)25/h2-4,7-8,10,12,18H,5-6,9H2,1H3,(H,28,30)/t18-/m0/s1. The average Bonchev–Trinajstić information content (AvgIpc) is 3.44. The highest BCUT2D eigenvalue weighted by Gasteiger charge is 2.35. The number of benzene rings is 1. The normalized spacial score (nSPS) is 15.0. The quantitative estimate of drug-likeness (QED) is 0.560. The molecule has 0 saturated heterocycles. The minimum atomic E-state index is -4.77. The highest BCUT2D eigenvalue weighted by atomic mass is 19.4. The molecule has 1 N–H and O–H groups in total. The third-order valence-electron chi connectivity index (χ3n) is 4.97. The molecule has 0 spiro atoms. The number of alkyl halides is 3. The molecule has 1 amide bonds. The van der Waals surface area contributed by atoms with Crippen molar-refractivity contribution >= 4 is 5.91 Å². The number of nitrogens with one attached hydrogen (secondary N) is 1. The molecule has 1 fully saturated rings. The lowest BCUT2D eigenvalue weighted by atomic mass is 10.0. The van der Waals surface area contributed by atoms with Gasteiger partial charge in [0.2, 0.25) is 5.89 Å². The molecule has 1 aromatic carbocycles. The van der Waals surface area contributed by atoms with Crippen molar-refractivity contribution in [1.82, 2.24) is 20.4 Å². The first kappa shape index (κ1) is 21.0. The van der Waals surface area contributed by atoms with E-state index in [1.807, 2.05) is 0 Å². The van der Waals surface area contributed by atoms with Crippen LogP contribution in [-0.2, 0) is 6.18 Å². The smallest absolute Gasteiger partial charge is 0.341 e. The van der Waals surface area contributed by atoms with Crippen LogP contribution in [-0.4, -0.2) is 21.0 Å². The molecule has 31 heavy (non-hydrogen) atoms. The lowest BCUT2D eigenvalue weighted by Gasteiger charge is -2.16. The summed E-state index contributed by atoms with van der Waals surface area (Å²) >= 11 is 0. The SMILES string of the molecule is Cc1nc([C@H](CC2CC2)NC(=O)c2cccc(-c3ccc(F)cc3C(F)(F)F)n2)no1. The Morgan fingerprint density at radius 3 is 2.65 bits per heavy atom. The maximum absolute atomic E-state index is 13.4. The average molecular weight is 434 g/mol. The van der Waals surface area contributed by atoms with Crippen LogP contribution in [0, 0.1) is 18.7 Å². The number of rotatable bonds is 6. The van der Waals surface area contributed by atoms with Gasteiger partial charge in [0.25, 0.3) is 5.91 Å². The Kier molecular flexibility index (Phi) is 5.47. The summed E-state index contributed by atoms with van der Waals surface area (Å²) in [7, 11) is 0. The van der Waals surface area contributed by atoms with E-state index in [-0.39, 0.29) is 17.0 Å². The summed E-state index contributed by atoms with van der Waals surface area (Å²) in [5, 5.41) is 6.67. The van der Waals surface area contributed by atoms with E-state index in [0.717, 1.165) is 25.0 Å². The number of aryl methyl sites for hydroxylation is 1. The predicted molar refractivity (Wildman–Crippen MR) is 101 cm³/mol. The van der Waals surface area contributed by atoms with Crippen LogP contribution < -0.4 is 5.32 Å². The number of carbonyl (C=O) groups excluding carboxylic acids is 1. The number of aromatic nitrogens is 3. The van der Waals surface area contributed by atoms with Gasteiger partial charge in [0, 0.05) is 12.5 Å². The Bertz CT molecular complexity index is 1110. The highest BCUT2D eigenvalue weighted by molar-refractivity contribution is 5.93. The van der Waals surface area contributed by atoms with Crippen LogP contribution in [0.15, 0.2) is 40.9 Å². The number of hydrogen-bond donors (Lipinski definition) is 1. The van der Waals surface area contributed by atoms with Gasteiger partial charge in [-0.1, -0.05) is 24.1 Å². The number of pyridine rings is 1. The molecule has 162 valence electrons. The van der Waals surface area contributed by atoms with E-state index in [1.54, 1.807) is 6.92 Å². The fourth-order valence-electron chi connectivity index (χ4n) is 3.29. The molecule has 0 unspecified atom stereocenters. The van der Waals surface area contributed by atoms with Gasteiger partial charge in [0.1, 0.15) is 11.5 Å². The summed E-state index contributed by atoms with van der Waals surface area (Å²) in [6.45, 7) is 1.64. The lowest BCUT2D eigenvalue weighted by molar-refractivity contribution is -0.137. The van der Waals surface area contributed by atoms with Crippen LogP contribution in [0.2, 0.25) is 0 Å². The molecule has 1 atom stereocenters. The monoisotopic (exact) mass is 434 g/mol. The molecule has 1 aliphatic carbocycles. The van der Waals surface area contributed by atoms with E-state index in [1.165, 1.54) is 18.2 Å². The van der Waals surface area contributed by atoms with Gasteiger partial charge in [0.15, 0.2) is 5.82 Å². The van der Waals surface area contributed by atoms with Gasteiger partial charge in [0.05, 0.1) is 17.3 Å². The summed E-state index contributed by atoms with van der Waals surface area (Å²) in [5.41, 5.74) is -1.64. The Hall–Kier alpha value is -3.30. The molecule has 0 radical (unpaired) electrons. The lowest BCUT2D eigenvalue weighted by Crippen LogP contribution is -2.30. The van der Waals surface area contributed by atoms with Crippen LogP contribution >= 0.6 is 0 Å². The van der Waals surface area contributed by atoms with Gasteiger partial charge >= 0.3 is 6.18 Å². The summed E-state index contributed by atoms with van der Waals surface area (Å²) in [5.74, 6) is -0.446. The zero-order valence-corrected chi connectivity index (χ0v) is 16.4. The van der Waals surface area contributed by atoms with Gasteiger partial charge in [-0.2, -0.15) is 18.2 Å². The van der Waals surface area contributed by atoms with Crippen molar-refractivity contribution < 1.29 is 26.9 Å². The van der Waals surface area contributed by atoms with Crippen LogP contribution in [0.1, 0.15) is 53.1 Å². The molecular weight excluding hydrogens is 416 g/mol. The molecule has 10 heteroatoms. The molecule has 3 aromatic rings. The first-order chi connectivity index (χ1) is 14.7. The van der Waals surface area contributed by atoms with Gasteiger partial charge in [-0.05, 0) is 42.7 Å². The fraction of sp³-hybridized carbons (Fsp3) is 0.333. The Morgan fingerprint density at radius 1 is 1.23 bits per heavy atom. The van der Waals surface area contributed by atoms with Crippen molar-refractivity contribution in [3.05, 3.63) is 65.2 Å². The number of amides is 1. The Labute approximate surface area is 174 Å². The van der Waals surface area contributed by atoms with E-state index in [4.69, 9.17) is 4.52 Å². The van der Waals surface area contributed by atoms with Gasteiger partial charge in [-0.15, -0.1) is 0 Å². The van der Waals surface area contributed by atoms with Crippen LogP contribution in [0.5, 0.6) is 0 Å². The van der Waals surface area contributed by atoms with E-state index < -0.39 is 29.5 Å². The van der Waals surface area contributed by atoms with Gasteiger partial charge in [-0.25, -0.2) is 9.37 Å². The molecule has 1 saturated carbocycles. The maximum atomic E-state index is 13.4.